The molecule has 2 N–H and O–H groups in total. The number of ether oxygens (including phenoxy) is 4. The Hall–Kier alpha value is -4.81. The predicted octanol–water partition coefficient (Wildman–Crippen LogP) is 6.76. The van der Waals surface area contributed by atoms with E-state index in [0.29, 0.717) is 40.4 Å². The molecule has 0 unspecified atom stereocenters. The van der Waals surface area contributed by atoms with Crippen LogP contribution in [0.25, 0.3) is 10.9 Å². The topological polar surface area (TPSA) is 111 Å². The van der Waals surface area contributed by atoms with Crippen molar-refractivity contribution >= 4 is 34.1 Å². The average Bonchev–Trinajstić information content (AvgIpc) is 3.67. The van der Waals surface area contributed by atoms with Crippen LogP contribution in [0.2, 0.25) is 0 Å². The van der Waals surface area contributed by atoms with Gasteiger partial charge in [-0.3, -0.25) is 19.5 Å². The summed E-state index contributed by atoms with van der Waals surface area (Å²) in [6.45, 7) is 8.41. The minimum Gasteiger partial charge on any atom is -0.493 e. The Morgan fingerprint density at radius 2 is 1.60 bits per heavy atom. The van der Waals surface area contributed by atoms with Gasteiger partial charge in [-0.15, -0.1) is 0 Å². The third kappa shape index (κ3) is 7.34. The van der Waals surface area contributed by atoms with Crippen molar-refractivity contribution in [3.63, 3.8) is 0 Å². The Morgan fingerprint density at radius 1 is 0.917 bits per heavy atom. The summed E-state index contributed by atoms with van der Waals surface area (Å²) in [7, 11) is 1.55. The first-order valence-corrected chi connectivity index (χ1v) is 15.9. The van der Waals surface area contributed by atoms with Crippen molar-refractivity contribution in [2.75, 3.05) is 57.2 Å². The van der Waals surface area contributed by atoms with Gasteiger partial charge in [-0.05, 0) is 60.4 Å². The minimum absolute atomic E-state index is 0. The molecule has 2 amide bonds. The fraction of sp³-hybridized carbons (Fsp3) is 0.361. The zero-order chi connectivity index (χ0) is 33.8. The van der Waals surface area contributed by atoms with Crippen LogP contribution in [0.5, 0.6) is 23.0 Å². The van der Waals surface area contributed by atoms with Crippen LogP contribution in [0.3, 0.4) is 0 Å². The van der Waals surface area contributed by atoms with Gasteiger partial charge in [-0.2, -0.15) is 0 Å². The minimum atomic E-state index is -0.689. The molecule has 10 nitrogen and oxygen atoms in total. The van der Waals surface area contributed by atoms with E-state index < -0.39 is 34.8 Å². The maximum absolute atomic E-state index is 15.3. The van der Waals surface area contributed by atoms with Gasteiger partial charge >= 0.3 is 0 Å². The van der Waals surface area contributed by atoms with Crippen LogP contribution in [0.15, 0.2) is 66.9 Å². The van der Waals surface area contributed by atoms with Gasteiger partial charge in [-0.1, -0.05) is 13.8 Å². The lowest BCUT2D eigenvalue weighted by molar-refractivity contribution is -0.122. The van der Waals surface area contributed by atoms with Gasteiger partial charge in [0.2, 0.25) is 11.8 Å². The van der Waals surface area contributed by atoms with Crippen LogP contribution in [-0.4, -0.2) is 68.3 Å². The summed E-state index contributed by atoms with van der Waals surface area (Å²) in [5.41, 5.74) is 0.630. The molecule has 1 aliphatic heterocycles. The number of carbonyl (C=O) groups excluding carboxylic acids is 2. The molecule has 1 saturated heterocycles. The number of nitrogens with one attached hydrogen (secondary N) is 2. The number of hydrogen-bond acceptors (Lipinski definition) is 8. The summed E-state index contributed by atoms with van der Waals surface area (Å²) in [5.74, 6) is -1.72. The van der Waals surface area contributed by atoms with Crippen LogP contribution < -0.4 is 24.8 Å². The summed E-state index contributed by atoms with van der Waals surface area (Å²) in [6, 6.07) is 14.7. The van der Waals surface area contributed by atoms with Crippen molar-refractivity contribution < 1.29 is 40.2 Å². The fourth-order valence-corrected chi connectivity index (χ4v) is 6.15. The zero-order valence-corrected chi connectivity index (χ0v) is 27.1. The third-order valence-corrected chi connectivity index (χ3v) is 8.89. The first-order chi connectivity index (χ1) is 23.1. The molecule has 3 aromatic carbocycles. The summed E-state index contributed by atoms with van der Waals surface area (Å²) in [4.78, 5) is 32.8. The number of halogens is 2. The maximum atomic E-state index is 15.3. The second-order valence-electron chi connectivity index (χ2n) is 12.5. The number of hydrogen-bond donors (Lipinski definition) is 2. The lowest BCUT2D eigenvalue weighted by atomic mass is 10.1. The van der Waals surface area contributed by atoms with Crippen molar-refractivity contribution in [1.82, 2.24) is 9.88 Å². The number of methoxy groups -OCH3 is 1. The van der Waals surface area contributed by atoms with Crippen molar-refractivity contribution in [2.24, 2.45) is 17.3 Å². The van der Waals surface area contributed by atoms with E-state index in [-0.39, 0.29) is 20.2 Å². The maximum Gasteiger partial charge on any atom is 0.228 e. The van der Waals surface area contributed by atoms with Gasteiger partial charge in [-0.25, -0.2) is 8.78 Å². The fourth-order valence-electron chi connectivity index (χ4n) is 6.15. The van der Waals surface area contributed by atoms with Crippen molar-refractivity contribution in [1.29, 1.82) is 0 Å². The second-order valence-corrected chi connectivity index (χ2v) is 12.5. The highest BCUT2D eigenvalue weighted by Gasteiger charge is 2.65. The van der Waals surface area contributed by atoms with Crippen LogP contribution in [-0.2, 0) is 14.3 Å². The summed E-state index contributed by atoms with van der Waals surface area (Å²) < 4.78 is 51.5. The molecule has 48 heavy (non-hydrogen) atoms. The monoisotopic (exact) mass is 664 g/mol. The number of aromatic nitrogens is 1. The van der Waals surface area contributed by atoms with E-state index in [1.54, 1.807) is 31.5 Å². The van der Waals surface area contributed by atoms with E-state index in [1.807, 2.05) is 13.8 Å². The zero-order valence-electron chi connectivity index (χ0n) is 27.1. The largest absolute Gasteiger partial charge is 0.493 e. The number of fused-ring (bicyclic) bond motifs is 1. The molecule has 256 valence electrons. The molecule has 12 heteroatoms. The number of carbonyl (C=O) groups is 2. The molecular formula is C36H42F2N4O6. The summed E-state index contributed by atoms with van der Waals surface area (Å²) in [5, 5.41) is 6.06. The van der Waals surface area contributed by atoms with Crippen molar-refractivity contribution in [3.05, 3.63) is 78.5 Å². The molecule has 2 heterocycles. The Bertz CT molecular complexity index is 1810. The average molecular weight is 665 g/mol. The number of benzene rings is 3. The number of morpholine rings is 1. The Morgan fingerprint density at radius 3 is 2.29 bits per heavy atom. The van der Waals surface area contributed by atoms with Gasteiger partial charge in [0, 0.05) is 57.6 Å². The number of nitrogens with zero attached hydrogens (tertiary/aromatic N) is 2. The summed E-state index contributed by atoms with van der Waals surface area (Å²) in [6.07, 6.45) is 2.41. The van der Waals surface area contributed by atoms with Gasteiger partial charge in [0.1, 0.15) is 11.6 Å². The Balaban J connectivity index is 0.00000281. The van der Waals surface area contributed by atoms with Crippen LogP contribution in [0, 0.1) is 28.9 Å². The molecule has 2 fully saturated rings. The molecule has 6 rings (SSSR count). The molecule has 1 aromatic heterocycles. The van der Waals surface area contributed by atoms with Crippen LogP contribution in [0.1, 0.15) is 23.1 Å². The normalized spacial score (nSPS) is 18.6. The Kier molecular flexibility index (Phi) is 9.74. The molecular weight excluding hydrogens is 622 g/mol. The predicted molar refractivity (Wildman–Crippen MR) is 181 cm³/mol. The van der Waals surface area contributed by atoms with Gasteiger partial charge < -0.3 is 29.6 Å². The highest BCUT2D eigenvalue weighted by molar-refractivity contribution is 6.04. The SMILES string of the molecule is COc1cc2c(Oc3ccc(NC(=O)[C@H]4[C@@H](C(=O)Nc5ccc(F)cc5)C4(C)C)cc3F)ccnc2cc1OCCCN1CCOCC1.[HH].[HH]. The third-order valence-electron chi connectivity index (χ3n) is 8.89. The van der Waals surface area contributed by atoms with Gasteiger partial charge in [0.05, 0.1) is 44.3 Å². The lowest BCUT2D eigenvalue weighted by Gasteiger charge is -2.26. The standard InChI is InChI=1S/C36H38F2N4O6.2H2/c1-36(2)32(34(43)40-23-7-5-22(37)6-8-23)33(36)35(44)41-24-9-10-29(26(38)19-24)48-28-11-12-39-27-21-31(30(45-3)20-25(27)28)47-16-4-13-42-14-17-46-18-15-42;;/h5-12,19-21,32-33H,4,13-18H2,1-3H3,(H,40,43)(H,41,44);2*1H/t32-,33+;;/m0../s1. The number of rotatable bonds is 12. The smallest absolute Gasteiger partial charge is 0.228 e. The molecule has 0 radical (unpaired) electrons. The molecule has 0 bridgehead atoms. The highest BCUT2D eigenvalue weighted by atomic mass is 19.1. The van der Waals surface area contributed by atoms with Crippen molar-refractivity contribution in [3.8, 4) is 23.0 Å². The summed E-state index contributed by atoms with van der Waals surface area (Å²) >= 11 is 0. The number of pyridine rings is 1. The van der Waals surface area contributed by atoms with Gasteiger partial charge in [0.15, 0.2) is 23.1 Å². The first kappa shape index (κ1) is 33.1. The molecule has 1 saturated carbocycles. The highest BCUT2D eigenvalue weighted by Crippen LogP contribution is 2.59. The molecule has 2 atom stereocenters. The van der Waals surface area contributed by atoms with E-state index in [0.717, 1.165) is 39.3 Å². The second kappa shape index (κ2) is 14.1. The van der Waals surface area contributed by atoms with E-state index in [4.69, 9.17) is 18.9 Å². The van der Waals surface area contributed by atoms with E-state index >= 15 is 4.39 Å². The molecule has 0 spiro atoms. The van der Waals surface area contributed by atoms with Crippen LogP contribution >= 0.6 is 0 Å². The molecule has 2 aliphatic rings. The Labute approximate surface area is 280 Å². The molecule has 4 aromatic rings. The molecule has 1 aliphatic carbocycles. The number of amides is 2. The van der Waals surface area contributed by atoms with E-state index in [2.05, 4.69) is 20.5 Å². The lowest BCUT2D eigenvalue weighted by Crippen LogP contribution is -2.37. The van der Waals surface area contributed by atoms with Crippen LogP contribution in [0.4, 0.5) is 20.2 Å². The van der Waals surface area contributed by atoms with E-state index in [9.17, 15) is 14.0 Å². The first-order valence-electron chi connectivity index (χ1n) is 15.9. The number of anilines is 2. The van der Waals surface area contributed by atoms with Crippen molar-refractivity contribution in [2.45, 2.75) is 20.3 Å². The quantitative estimate of drug-likeness (QED) is 0.160. The van der Waals surface area contributed by atoms with E-state index in [1.165, 1.54) is 42.5 Å². The van der Waals surface area contributed by atoms with Gasteiger partial charge in [0.25, 0.3) is 0 Å².